The molecular weight excluding hydrogens is 571 g/mol. The highest BCUT2D eigenvalue weighted by Crippen LogP contribution is 2.35. The van der Waals surface area contributed by atoms with Crippen LogP contribution in [0.25, 0.3) is 11.3 Å². The summed E-state index contributed by atoms with van der Waals surface area (Å²) in [5.74, 6) is -2.81. The first-order chi connectivity index (χ1) is 20.5. The first-order valence-electron chi connectivity index (χ1n) is 14.3. The maximum Gasteiger partial charge on any atom is 0.401 e. The Balaban J connectivity index is 1.28. The van der Waals surface area contributed by atoms with Crippen LogP contribution in [0.15, 0.2) is 42.6 Å². The molecule has 0 unspecified atom stereocenters. The molecule has 12 heteroatoms. The minimum Gasteiger partial charge on any atom is -0.550 e. The number of ether oxygens (including phenoxy) is 1. The number of halogens is 5. The van der Waals surface area contributed by atoms with Crippen molar-refractivity contribution in [1.29, 1.82) is 0 Å². The summed E-state index contributed by atoms with van der Waals surface area (Å²) < 4.78 is 73.5. The van der Waals surface area contributed by atoms with Gasteiger partial charge in [0.1, 0.15) is 18.2 Å². The van der Waals surface area contributed by atoms with Gasteiger partial charge in [-0.05, 0) is 75.5 Å². The van der Waals surface area contributed by atoms with Gasteiger partial charge in [-0.15, -0.1) is 0 Å². The van der Waals surface area contributed by atoms with E-state index in [2.05, 4.69) is 9.97 Å². The van der Waals surface area contributed by atoms with Crippen LogP contribution in [0.2, 0.25) is 0 Å². The van der Waals surface area contributed by atoms with Crippen LogP contribution < -0.4 is 14.7 Å². The molecule has 5 rings (SSSR count). The Bertz CT molecular complexity index is 1450. The fourth-order valence-corrected chi connectivity index (χ4v) is 5.76. The number of aryl methyl sites for hydroxylation is 1. The minimum atomic E-state index is -4.22. The van der Waals surface area contributed by atoms with E-state index < -0.39 is 36.2 Å². The van der Waals surface area contributed by atoms with Gasteiger partial charge in [-0.1, -0.05) is 6.07 Å². The van der Waals surface area contributed by atoms with Gasteiger partial charge in [0.25, 0.3) is 0 Å². The Morgan fingerprint density at radius 1 is 1.05 bits per heavy atom. The van der Waals surface area contributed by atoms with Crippen LogP contribution in [0.3, 0.4) is 0 Å². The summed E-state index contributed by atoms with van der Waals surface area (Å²) in [6.07, 6.45) is -0.609. The third-order valence-corrected chi connectivity index (χ3v) is 8.19. The van der Waals surface area contributed by atoms with E-state index in [-0.39, 0.29) is 23.8 Å². The molecule has 0 atom stereocenters. The van der Waals surface area contributed by atoms with E-state index in [0.29, 0.717) is 68.9 Å². The summed E-state index contributed by atoms with van der Waals surface area (Å²) in [6, 6.07) is 8.89. The molecule has 2 saturated heterocycles. The Labute approximate surface area is 246 Å². The number of carbonyl (C=O) groups excluding carboxylic acids is 1. The van der Waals surface area contributed by atoms with Crippen LogP contribution >= 0.6 is 0 Å². The highest BCUT2D eigenvalue weighted by molar-refractivity contribution is 5.70. The third-order valence-electron chi connectivity index (χ3n) is 8.19. The Hall–Kier alpha value is -3.80. The van der Waals surface area contributed by atoms with Crippen molar-refractivity contribution >= 4 is 11.8 Å². The number of carboxylic acid groups (broad SMARTS) is 1. The summed E-state index contributed by atoms with van der Waals surface area (Å²) in [5.41, 5.74) is 2.76. The molecule has 3 aromatic rings. The van der Waals surface area contributed by atoms with Crippen LogP contribution in [0.4, 0.5) is 27.8 Å². The number of likely N-dealkylation sites (tertiary alicyclic amines) is 1. The molecule has 0 radical (unpaired) electrons. The topological polar surface area (TPSA) is 81.6 Å². The molecule has 2 fully saturated rings. The lowest BCUT2D eigenvalue weighted by Crippen LogP contribution is -2.41. The maximum absolute atomic E-state index is 15.1. The molecule has 230 valence electrons. The van der Waals surface area contributed by atoms with Crippen molar-refractivity contribution in [2.24, 2.45) is 5.92 Å². The van der Waals surface area contributed by atoms with E-state index >= 15 is 4.39 Å². The second-order valence-electron chi connectivity index (χ2n) is 11.2. The molecule has 43 heavy (non-hydrogen) atoms. The number of carboxylic acids is 1. The van der Waals surface area contributed by atoms with Gasteiger partial charge in [0.05, 0.1) is 12.2 Å². The largest absolute Gasteiger partial charge is 0.550 e. The third kappa shape index (κ3) is 7.59. The number of piperidine rings is 2. The van der Waals surface area contributed by atoms with E-state index in [1.807, 2.05) is 17.9 Å². The van der Waals surface area contributed by atoms with Gasteiger partial charge in [0.2, 0.25) is 0 Å². The van der Waals surface area contributed by atoms with Crippen molar-refractivity contribution in [3.63, 3.8) is 0 Å². The van der Waals surface area contributed by atoms with Crippen LogP contribution in [-0.2, 0) is 11.4 Å². The lowest BCUT2D eigenvalue weighted by Gasteiger charge is -2.33. The highest BCUT2D eigenvalue weighted by Gasteiger charge is 2.33. The average molecular weight is 604 g/mol. The number of pyridine rings is 2. The summed E-state index contributed by atoms with van der Waals surface area (Å²) in [6.45, 7) is 2.52. The summed E-state index contributed by atoms with van der Waals surface area (Å²) in [7, 11) is 0. The molecule has 0 bridgehead atoms. The number of rotatable bonds is 8. The van der Waals surface area contributed by atoms with E-state index in [0.717, 1.165) is 23.4 Å². The summed E-state index contributed by atoms with van der Waals surface area (Å²) >= 11 is 0. The smallest absolute Gasteiger partial charge is 0.401 e. The number of alkyl halides is 3. The number of carbonyl (C=O) groups is 1. The number of benzene rings is 1. The molecule has 7 nitrogen and oxygen atoms in total. The molecule has 2 aliphatic rings. The second kappa shape index (κ2) is 12.8. The molecule has 0 aliphatic carbocycles. The minimum absolute atomic E-state index is 0.0456. The first kappa shape index (κ1) is 30.7. The highest BCUT2D eigenvalue weighted by atomic mass is 19.4. The predicted octanol–water partition coefficient (Wildman–Crippen LogP) is 5.02. The van der Waals surface area contributed by atoms with Crippen molar-refractivity contribution in [2.75, 3.05) is 37.6 Å². The Morgan fingerprint density at radius 3 is 2.42 bits per heavy atom. The van der Waals surface area contributed by atoms with Crippen LogP contribution in [-0.4, -0.2) is 59.7 Å². The molecule has 0 spiro atoms. The number of aromatic nitrogens is 2. The maximum atomic E-state index is 15.1. The number of hydrogen-bond donors (Lipinski definition) is 0. The van der Waals surface area contributed by atoms with Crippen molar-refractivity contribution in [3.05, 3.63) is 71.1 Å². The molecule has 0 N–H and O–H groups in total. The fraction of sp³-hybridized carbons (Fsp3) is 0.452. The first-order valence-corrected chi connectivity index (χ1v) is 14.3. The predicted molar refractivity (Wildman–Crippen MR) is 147 cm³/mol. The van der Waals surface area contributed by atoms with Gasteiger partial charge in [-0.25, -0.2) is 13.8 Å². The van der Waals surface area contributed by atoms with Gasteiger partial charge >= 0.3 is 6.18 Å². The molecule has 2 aromatic heterocycles. The fourth-order valence-electron chi connectivity index (χ4n) is 5.76. The number of nitrogens with zero attached hydrogens (tertiary/aromatic N) is 4. The molecule has 1 aromatic carbocycles. The van der Waals surface area contributed by atoms with Crippen LogP contribution in [0.5, 0.6) is 5.75 Å². The standard InChI is InChI=1S/C31H33F5N4O3/c1-19-13-27(20-5-9-39(10-6-20)18-31(34,35)36)37-16-22(19)17-43-29-24(14-23(32)15-25(29)33)26-3-2-4-28(38-26)40-11-7-21(8-12-40)30(41)42/h2-4,13-16,20-21H,5-12,17-18H2,1H3,(H,41,42)/p-1. The van der Waals surface area contributed by atoms with E-state index in [1.165, 1.54) is 4.90 Å². The number of aliphatic carboxylic acids is 1. The lowest BCUT2D eigenvalue weighted by molar-refractivity contribution is -0.312. The Morgan fingerprint density at radius 2 is 1.77 bits per heavy atom. The molecular formula is C31H32F5N4O3-. The van der Waals surface area contributed by atoms with Crippen molar-refractivity contribution in [3.8, 4) is 17.0 Å². The van der Waals surface area contributed by atoms with Crippen LogP contribution in [0.1, 0.15) is 48.4 Å². The number of anilines is 1. The molecule has 0 amide bonds. The Kier molecular flexibility index (Phi) is 9.14. The van der Waals surface area contributed by atoms with Gasteiger partial charge < -0.3 is 19.5 Å². The SMILES string of the molecule is Cc1cc(C2CCN(CC(F)(F)F)CC2)ncc1COc1c(F)cc(F)cc1-c1cccc(N2CCC(C(=O)[O-])CC2)n1. The number of hydrogen-bond acceptors (Lipinski definition) is 7. The zero-order valence-electron chi connectivity index (χ0n) is 23.7. The van der Waals surface area contributed by atoms with Crippen molar-refractivity contribution in [1.82, 2.24) is 14.9 Å². The van der Waals surface area contributed by atoms with E-state index in [9.17, 15) is 27.5 Å². The van der Waals surface area contributed by atoms with Gasteiger partial charge in [0, 0.05) is 60.0 Å². The van der Waals surface area contributed by atoms with Crippen LogP contribution in [0, 0.1) is 24.5 Å². The van der Waals surface area contributed by atoms with Crippen molar-refractivity contribution in [2.45, 2.75) is 51.3 Å². The van der Waals surface area contributed by atoms with E-state index in [1.54, 1.807) is 24.4 Å². The zero-order valence-corrected chi connectivity index (χ0v) is 23.7. The molecule has 0 saturated carbocycles. The van der Waals surface area contributed by atoms with E-state index in [4.69, 9.17) is 4.74 Å². The quantitative estimate of drug-likeness (QED) is 0.335. The van der Waals surface area contributed by atoms with Crippen molar-refractivity contribution < 1.29 is 36.6 Å². The second-order valence-corrected chi connectivity index (χ2v) is 11.2. The molecule has 4 heterocycles. The molecule has 2 aliphatic heterocycles. The lowest BCUT2D eigenvalue weighted by atomic mass is 9.92. The zero-order chi connectivity index (χ0) is 30.7. The summed E-state index contributed by atoms with van der Waals surface area (Å²) in [5, 5.41) is 11.2. The van der Waals surface area contributed by atoms with Gasteiger partial charge in [-0.3, -0.25) is 9.88 Å². The van der Waals surface area contributed by atoms with Gasteiger partial charge in [0.15, 0.2) is 11.6 Å². The normalized spacial score (nSPS) is 17.3. The van der Waals surface area contributed by atoms with Gasteiger partial charge in [-0.2, -0.15) is 13.2 Å². The monoisotopic (exact) mass is 603 g/mol. The summed E-state index contributed by atoms with van der Waals surface area (Å²) in [4.78, 5) is 23.7. The average Bonchev–Trinajstić information content (AvgIpc) is 2.96.